The molecule has 0 bridgehead atoms. The van der Waals surface area contributed by atoms with Crippen molar-refractivity contribution in [3.8, 4) is 5.69 Å². The largest absolute Gasteiger partial charge is 0.307 e. The molecule has 0 N–H and O–H groups in total. The van der Waals surface area contributed by atoms with Crippen LogP contribution in [0.5, 0.6) is 0 Å². The van der Waals surface area contributed by atoms with E-state index in [1.807, 2.05) is 48.0 Å². The van der Waals surface area contributed by atoms with Gasteiger partial charge in [-0.3, -0.25) is 4.79 Å². The van der Waals surface area contributed by atoms with Crippen molar-refractivity contribution in [2.45, 2.75) is 24.7 Å². The van der Waals surface area contributed by atoms with E-state index in [1.54, 1.807) is 23.1 Å². The van der Waals surface area contributed by atoms with Crippen LogP contribution >= 0.6 is 11.3 Å². The first-order valence-electron chi connectivity index (χ1n) is 10.0. The van der Waals surface area contributed by atoms with Gasteiger partial charge in [0.25, 0.3) is 5.91 Å². The summed E-state index contributed by atoms with van der Waals surface area (Å²) in [6, 6.07) is 16.8. The summed E-state index contributed by atoms with van der Waals surface area (Å²) in [5.41, 5.74) is 3.53. The highest BCUT2D eigenvalue weighted by atomic mass is 32.2. The molecule has 0 unspecified atom stereocenters. The van der Waals surface area contributed by atoms with Gasteiger partial charge in [-0.05, 0) is 61.7 Å². The second kappa shape index (κ2) is 7.32. The fraction of sp³-hybridized carbons (Fsp3) is 0.217. The molecule has 5 rings (SSSR count). The highest BCUT2D eigenvalue weighted by Crippen LogP contribution is 2.35. The molecule has 0 fully saturated rings. The molecule has 1 aliphatic rings. The number of amides is 1. The Morgan fingerprint density at radius 2 is 1.87 bits per heavy atom. The maximum atomic E-state index is 13.5. The highest BCUT2D eigenvalue weighted by molar-refractivity contribution is 7.90. The van der Waals surface area contributed by atoms with Crippen molar-refractivity contribution in [2.24, 2.45) is 0 Å². The van der Waals surface area contributed by atoms with Crippen molar-refractivity contribution in [3.63, 3.8) is 0 Å². The zero-order chi connectivity index (χ0) is 21.8. The van der Waals surface area contributed by atoms with Crippen LogP contribution in [0.25, 0.3) is 15.9 Å². The van der Waals surface area contributed by atoms with Gasteiger partial charge in [-0.1, -0.05) is 18.2 Å². The summed E-state index contributed by atoms with van der Waals surface area (Å²) in [5.74, 6) is -0.0618. The van der Waals surface area contributed by atoms with E-state index in [0.29, 0.717) is 16.3 Å². The van der Waals surface area contributed by atoms with E-state index in [2.05, 4.69) is 5.10 Å². The van der Waals surface area contributed by atoms with E-state index in [0.717, 1.165) is 45.7 Å². The van der Waals surface area contributed by atoms with Crippen molar-refractivity contribution in [1.29, 1.82) is 0 Å². The first kappa shape index (κ1) is 20.0. The third-order valence-electron chi connectivity index (χ3n) is 5.60. The van der Waals surface area contributed by atoms with Crippen LogP contribution in [0.1, 0.15) is 27.3 Å². The molecule has 2 aromatic carbocycles. The zero-order valence-corrected chi connectivity index (χ0v) is 18.8. The van der Waals surface area contributed by atoms with Crippen molar-refractivity contribution in [1.82, 2.24) is 9.78 Å². The summed E-state index contributed by atoms with van der Waals surface area (Å²) < 4.78 is 25.7. The smallest absolute Gasteiger partial charge is 0.268 e. The quantitative estimate of drug-likeness (QED) is 0.463. The molecule has 1 aliphatic heterocycles. The number of nitrogens with zero attached hydrogens (tertiary/aromatic N) is 3. The molecule has 6 nitrogen and oxygen atoms in total. The number of hydrogen-bond donors (Lipinski definition) is 0. The standard InChI is InChI=1S/C23H21N3O3S2/c1-15-19-14-21(30-23(19)26(24-15)17-8-4-3-5-9-17)22(27)25-12-6-7-16-13-18(31(2,28)29)10-11-20(16)25/h3-5,8-11,13-14H,6-7,12H2,1-2H3. The Balaban J connectivity index is 1.55. The second-order valence-corrected chi connectivity index (χ2v) is 10.8. The van der Waals surface area contributed by atoms with Gasteiger partial charge in [0.1, 0.15) is 4.83 Å². The van der Waals surface area contributed by atoms with E-state index >= 15 is 0 Å². The first-order chi connectivity index (χ1) is 14.8. The molecule has 158 valence electrons. The topological polar surface area (TPSA) is 72.3 Å². The van der Waals surface area contributed by atoms with E-state index in [4.69, 9.17) is 0 Å². The Morgan fingerprint density at radius 3 is 2.61 bits per heavy atom. The van der Waals surface area contributed by atoms with E-state index in [1.165, 1.54) is 17.6 Å². The van der Waals surface area contributed by atoms with Crippen molar-refractivity contribution < 1.29 is 13.2 Å². The fourth-order valence-corrected chi connectivity index (χ4v) is 5.85. The molecule has 0 saturated heterocycles. The Labute approximate surface area is 184 Å². The first-order valence-corrected chi connectivity index (χ1v) is 12.7. The van der Waals surface area contributed by atoms with Crippen LogP contribution in [0.3, 0.4) is 0 Å². The Hall–Kier alpha value is -2.97. The molecule has 1 amide bonds. The molecule has 3 heterocycles. The van der Waals surface area contributed by atoms with Gasteiger partial charge < -0.3 is 4.90 Å². The van der Waals surface area contributed by atoms with Crippen LogP contribution in [0, 0.1) is 6.92 Å². The summed E-state index contributed by atoms with van der Waals surface area (Å²) in [6.07, 6.45) is 2.76. The Morgan fingerprint density at radius 1 is 1.10 bits per heavy atom. The lowest BCUT2D eigenvalue weighted by Crippen LogP contribution is -2.35. The molecule has 0 aliphatic carbocycles. The third kappa shape index (κ3) is 3.45. The van der Waals surface area contributed by atoms with Crippen molar-refractivity contribution in [2.75, 3.05) is 17.7 Å². The normalized spacial score (nSPS) is 14.1. The van der Waals surface area contributed by atoms with Crippen LogP contribution < -0.4 is 4.90 Å². The van der Waals surface area contributed by atoms with Crippen molar-refractivity contribution in [3.05, 3.63) is 70.7 Å². The number of aryl methyl sites for hydroxylation is 2. The number of carbonyl (C=O) groups excluding carboxylic acids is 1. The Bertz CT molecular complexity index is 1420. The molecule has 4 aromatic rings. The van der Waals surface area contributed by atoms with Gasteiger partial charge in [-0.25, -0.2) is 13.1 Å². The predicted molar refractivity (Wildman–Crippen MR) is 123 cm³/mol. The second-order valence-electron chi connectivity index (χ2n) is 7.79. The minimum Gasteiger partial charge on any atom is -0.307 e. The third-order valence-corrected chi connectivity index (χ3v) is 7.81. The molecule has 2 aromatic heterocycles. The molecule has 31 heavy (non-hydrogen) atoms. The molecule has 0 atom stereocenters. The van der Waals surface area contributed by atoms with Crippen LogP contribution in [0.2, 0.25) is 0 Å². The monoisotopic (exact) mass is 451 g/mol. The number of para-hydroxylation sites is 1. The van der Waals surface area contributed by atoms with Crippen LogP contribution in [-0.4, -0.2) is 36.9 Å². The molecule has 0 spiro atoms. The van der Waals surface area contributed by atoms with E-state index < -0.39 is 9.84 Å². The zero-order valence-electron chi connectivity index (χ0n) is 17.2. The summed E-state index contributed by atoms with van der Waals surface area (Å²) in [6.45, 7) is 2.56. The number of benzene rings is 2. The lowest BCUT2D eigenvalue weighted by Gasteiger charge is -2.29. The highest BCUT2D eigenvalue weighted by Gasteiger charge is 2.27. The number of rotatable bonds is 3. The molecular weight excluding hydrogens is 430 g/mol. The number of thiophene rings is 1. The lowest BCUT2D eigenvalue weighted by molar-refractivity contribution is 0.0989. The Kier molecular flexibility index (Phi) is 4.71. The van der Waals surface area contributed by atoms with Gasteiger partial charge in [0.2, 0.25) is 0 Å². The number of aromatic nitrogens is 2. The van der Waals surface area contributed by atoms with Gasteiger partial charge >= 0.3 is 0 Å². The number of hydrogen-bond acceptors (Lipinski definition) is 5. The summed E-state index contributed by atoms with van der Waals surface area (Å²) in [7, 11) is -3.28. The molecular formula is C23H21N3O3S2. The van der Waals surface area contributed by atoms with Crippen LogP contribution in [-0.2, 0) is 16.3 Å². The van der Waals surface area contributed by atoms with Gasteiger partial charge in [-0.15, -0.1) is 11.3 Å². The molecule has 0 saturated carbocycles. The lowest BCUT2D eigenvalue weighted by atomic mass is 10.0. The summed E-state index contributed by atoms with van der Waals surface area (Å²) in [5, 5.41) is 5.62. The number of anilines is 1. The molecule has 8 heteroatoms. The van der Waals surface area contributed by atoms with Gasteiger partial charge in [0, 0.05) is 23.9 Å². The number of fused-ring (bicyclic) bond motifs is 2. The van der Waals surface area contributed by atoms with E-state index in [9.17, 15) is 13.2 Å². The minimum atomic E-state index is -3.28. The average Bonchev–Trinajstić information content (AvgIpc) is 3.33. The SMILES string of the molecule is Cc1nn(-c2ccccc2)c2sc(C(=O)N3CCCc4cc(S(C)(=O)=O)ccc43)cc12. The van der Waals surface area contributed by atoms with Crippen LogP contribution in [0.4, 0.5) is 5.69 Å². The summed E-state index contributed by atoms with van der Waals surface area (Å²) in [4.78, 5) is 17.1. The van der Waals surface area contributed by atoms with Gasteiger partial charge in [-0.2, -0.15) is 5.10 Å². The van der Waals surface area contributed by atoms with Gasteiger partial charge in [0.15, 0.2) is 9.84 Å². The minimum absolute atomic E-state index is 0.0618. The van der Waals surface area contributed by atoms with Gasteiger partial charge in [0.05, 0.1) is 21.2 Å². The summed E-state index contributed by atoms with van der Waals surface area (Å²) >= 11 is 1.44. The van der Waals surface area contributed by atoms with Crippen molar-refractivity contribution >= 4 is 43.0 Å². The average molecular weight is 452 g/mol. The fourth-order valence-electron chi connectivity index (χ4n) is 4.04. The van der Waals surface area contributed by atoms with Crippen LogP contribution in [0.15, 0.2) is 59.5 Å². The van der Waals surface area contributed by atoms with E-state index in [-0.39, 0.29) is 5.91 Å². The molecule has 0 radical (unpaired) electrons. The maximum absolute atomic E-state index is 13.5. The predicted octanol–water partition coefficient (Wildman–Crippen LogP) is 4.39. The number of carbonyl (C=O) groups is 1. The maximum Gasteiger partial charge on any atom is 0.268 e. The number of sulfone groups is 1.